The average molecular weight is 574 g/mol. The summed E-state index contributed by atoms with van der Waals surface area (Å²) >= 11 is 0. The minimum atomic E-state index is -0.734. The van der Waals surface area contributed by atoms with Gasteiger partial charge in [0.2, 0.25) is 5.91 Å². The van der Waals surface area contributed by atoms with Gasteiger partial charge in [-0.3, -0.25) is 14.4 Å². The zero-order valence-electron chi connectivity index (χ0n) is 23.4. The Morgan fingerprint density at radius 1 is 0.833 bits per heavy atom. The van der Waals surface area contributed by atoms with Crippen molar-refractivity contribution in [3.05, 3.63) is 89.5 Å². The summed E-state index contributed by atoms with van der Waals surface area (Å²) in [6.07, 6.45) is 1.64. The van der Waals surface area contributed by atoms with E-state index < -0.39 is 36.2 Å². The molecule has 0 unspecified atom stereocenters. The molecule has 0 aliphatic carbocycles. The van der Waals surface area contributed by atoms with Crippen LogP contribution < -0.4 is 14.4 Å². The van der Waals surface area contributed by atoms with Gasteiger partial charge in [0.05, 0.1) is 30.8 Å². The zero-order valence-corrected chi connectivity index (χ0v) is 23.4. The van der Waals surface area contributed by atoms with E-state index in [-0.39, 0.29) is 30.2 Å². The number of carbonyl (C=O) groups excluding carboxylic acids is 5. The second-order valence-electron chi connectivity index (χ2n) is 9.62. The van der Waals surface area contributed by atoms with Gasteiger partial charge in [-0.1, -0.05) is 19.4 Å². The number of nitrogens with zero attached hydrogens (tertiary/aromatic N) is 1. The minimum Gasteiger partial charge on any atom is -0.497 e. The molecule has 3 aromatic carbocycles. The lowest BCUT2D eigenvalue weighted by Gasteiger charge is -2.17. The Morgan fingerprint density at radius 2 is 1.55 bits per heavy atom. The molecule has 0 spiro atoms. The van der Waals surface area contributed by atoms with E-state index in [1.807, 2.05) is 6.92 Å². The molecule has 0 N–H and O–H groups in total. The maximum Gasteiger partial charge on any atom is 0.343 e. The summed E-state index contributed by atoms with van der Waals surface area (Å²) in [6.45, 7) is 1.95. The molecule has 0 saturated carbocycles. The molecule has 1 saturated heterocycles. The van der Waals surface area contributed by atoms with Crippen molar-refractivity contribution in [2.24, 2.45) is 5.92 Å². The number of Topliss-reactive ketones (excluding diaryl/α,β-unsaturated/α-hetero) is 1. The fraction of sp³-hybridized carbons (Fsp3) is 0.281. The van der Waals surface area contributed by atoms with Crippen LogP contribution in [0, 0.1) is 5.92 Å². The van der Waals surface area contributed by atoms with Gasteiger partial charge >= 0.3 is 17.9 Å². The van der Waals surface area contributed by atoms with Crippen molar-refractivity contribution in [2.75, 3.05) is 31.8 Å². The summed E-state index contributed by atoms with van der Waals surface area (Å²) < 4.78 is 20.9. The number of methoxy groups -OCH3 is 1. The molecule has 10 heteroatoms. The van der Waals surface area contributed by atoms with Gasteiger partial charge in [-0.25, -0.2) is 9.59 Å². The first-order chi connectivity index (χ1) is 20.3. The molecule has 3 aromatic rings. The van der Waals surface area contributed by atoms with Gasteiger partial charge in [0.25, 0.3) is 0 Å². The number of anilines is 1. The van der Waals surface area contributed by atoms with Crippen molar-refractivity contribution >= 4 is 35.3 Å². The van der Waals surface area contributed by atoms with Crippen LogP contribution >= 0.6 is 0 Å². The number of hydrogen-bond acceptors (Lipinski definition) is 9. The van der Waals surface area contributed by atoms with Crippen LogP contribution in [0.1, 0.15) is 57.3 Å². The van der Waals surface area contributed by atoms with Crippen LogP contribution in [0.25, 0.3) is 0 Å². The third kappa shape index (κ3) is 7.60. The Labute approximate surface area is 243 Å². The number of esters is 3. The van der Waals surface area contributed by atoms with Crippen molar-refractivity contribution in [3.8, 4) is 11.5 Å². The molecule has 1 heterocycles. The highest BCUT2D eigenvalue weighted by atomic mass is 16.5. The molecule has 0 radical (unpaired) electrons. The van der Waals surface area contributed by atoms with Crippen molar-refractivity contribution in [2.45, 2.75) is 26.2 Å². The van der Waals surface area contributed by atoms with Crippen LogP contribution in [0.5, 0.6) is 11.5 Å². The summed E-state index contributed by atoms with van der Waals surface area (Å²) in [4.78, 5) is 63.8. The Bertz CT molecular complexity index is 1450. The van der Waals surface area contributed by atoms with E-state index in [2.05, 4.69) is 0 Å². The third-order valence-electron chi connectivity index (χ3n) is 6.64. The third-order valence-corrected chi connectivity index (χ3v) is 6.64. The molecule has 1 fully saturated rings. The second-order valence-corrected chi connectivity index (χ2v) is 9.62. The molecular weight excluding hydrogens is 542 g/mol. The molecule has 218 valence electrons. The highest BCUT2D eigenvalue weighted by Crippen LogP contribution is 2.26. The molecule has 1 aliphatic rings. The maximum atomic E-state index is 12.6. The molecule has 10 nitrogen and oxygen atoms in total. The van der Waals surface area contributed by atoms with Crippen LogP contribution in [-0.4, -0.2) is 56.5 Å². The average Bonchev–Trinajstić information content (AvgIpc) is 3.41. The lowest BCUT2D eigenvalue weighted by atomic mass is 10.1. The van der Waals surface area contributed by atoms with Crippen LogP contribution in [0.2, 0.25) is 0 Å². The summed E-state index contributed by atoms with van der Waals surface area (Å²) in [5.74, 6) is -2.35. The maximum absolute atomic E-state index is 12.6. The fourth-order valence-corrected chi connectivity index (χ4v) is 4.25. The predicted molar refractivity (Wildman–Crippen MR) is 152 cm³/mol. The SMILES string of the molecule is CCCCOC(=O)c1ccc(N2C[C@H](C(=O)OCC(=O)c3ccc(OC(=O)c4cccc(OC)c4)cc3)CC2=O)cc1. The molecule has 0 aromatic heterocycles. The van der Waals surface area contributed by atoms with Crippen LogP contribution in [0.15, 0.2) is 72.8 Å². The number of unbranched alkanes of at least 4 members (excludes halogenated alkanes) is 1. The highest BCUT2D eigenvalue weighted by molar-refractivity contribution is 6.01. The van der Waals surface area contributed by atoms with E-state index in [1.54, 1.807) is 48.5 Å². The first-order valence-corrected chi connectivity index (χ1v) is 13.5. The number of benzene rings is 3. The highest BCUT2D eigenvalue weighted by Gasteiger charge is 2.36. The van der Waals surface area contributed by atoms with Gasteiger partial charge in [-0.2, -0.15) is 0 Å². The summed E-state index contributed by atoms with van der Waals surface area (Å²) in [5, 5.41) is 0. The summed E-state index contributed by atoms with van der Waals surface area (Å²) in [6, 6.07) is 18.8. The smallest absolute Gasteiger partial charge is 0.343 e. The summed E-state index contributed by atoms with van der Waals surface area (Å²) in [5.41, 5.74) is 1.49. The normalized spacial score (nSPS) is 14.3. The molecule has 1 amide bonds. The minimum absolute atomic E-state index is 0.0544. The number of hydrogen-bond donors (Lipinski definition) is 0. The van der Waals surface area contributed by atoms with Crippen molar-refractivity contribution in [1.82, 2.24) is 0 Å². The number of amides is 1. The second kappa shape index (κ2) is 14.1. The molecular formula is C32H31NO9. The van der Waals surface area contributed by atoms with Gasteiger partial charge in [0, 0.05) is 24.2 Å². The van der Waals surface area contributed by atoms with Gasteiger partial charge in [0.15, 0.2) is 12.4 Å². The topological polar surface area (TPSA) is 126 Å². The lowest BCUT2D eigenvalue weighted by Crippen LogP contribution is -2.27. The van der Waals surface area contributed by atoms with Crippen molar-refractivity contribution in [3.63, 3.8) is 0 Å². The lowest BCUT2D eigenvalue weighted by molar-refractivity contribution is -0.147. The van der Waals surface area contributed by atoms with Gasteiger partial charge in [0.1, 0.15) is 11.5 Å². The fourth-order valence-electron chi connectivity index (χ4n) is 4.25. The first kappa shape index (κ1) is 30.0. The Balaban J connectivity index is 1.26. The van der Waals surface area contributed by atoms with E-state index in [0.29, 0.717) is 29.2 Å². The van der Waals surface area contributed by atoms with E-state index >= 15 is 0 Å². The zero-order chi connectivity index (χ0) is 30.1. The Hall–Kier alpha value is -4.99. The van der Waals surface area contributed by atoms with Crippen LogP contribution in [0.4, 0.5) is 5.69 Å². The predicted octanol–water partition coefficient (Wildman–Crippen LogP) is 4.65. The monoisotopic (exact) mass is 573 g/mol. The molecule has 1 atom stereocenters. The molecule has 42 heavy (non-hydrogen) atoms. The van der Waals surface area contributed by atoms with E-state index in [1.165, 1.54) is 36.3 Å². The quantitative estimate of drug-likeness (QED) is 0.132. The largest absolute Gasteiger partial charge is 0.497 e. The van der Waals surface area contributed by atoms with E-state index in [9.17, 15) is 24.0 Å². The summed E-state index contributed by atoms with van der Waals surface area (Å²) in [7, 11) is 1.50. The van der Waals surface area contributed by atoms with Gasteiger partial charge < -0.3 is 23.8 Å². The van der Waals surface area contributed by atoms with Crippen molar-refractivity contribution in [1.29, 1.82) is 0 Å². The number of ketones is 1. The number of rotatable bonds is 12. The molecule has 0 bridgehead atoms. The first-order valence-electron chi connectivity index (χ1n) is 13.5. The van der Waals surface area contributed by atoms with Gasteiger partial charge in [-0.15, -0.1) is 0 Å². The van der Waals surface area contributed by atoms with Crippen molar-refractivity contribution < 1.29 is 42.9 Å². The van der Waals surface area contributed by atoms with Gasteiger partial charge in [-0.05, 0) is 73.2 Å². The Morgan fingerprint density at radius 3 is 2.24 bits per heavy atom. The number of ether oxygens (including phenoxy) is 4. The molecule has 1 aliphatic heterocycles. The Kier molecular flexibility index (Phi) is 10.0. The van der Waals surface area contributed by atoms with E-state index in [4.69, 9.17) is 18.9 Å². The molecule has 4 rings (SSSR count). The standard InChI is InChI=1S/C32H31NO9/c1-3-4-16-40-30(36)22-8-12-25(13-9-22)33-19-24(18-29(33)35)31(37)41-20-28(34)21-10-14-26(15-11-21)42-32(38)23-6-5-7-27(17-23)39-2/h5-15,17,24H,3-4,16,18-20H2,1-2H3/t24-/m1/s1. The van der Waals surface area contributed by atoms with Crippen LogP contribution in [-0.2, 0) is 19.1 Å². The van der Waals surface area contributed by atoms with Crippen LogP contribution in [0.3, 0.4) is 0 Å². The van der Waals surface area contributed by atoms with E-state index in [0.717, 1.165) is 12.8 Å². The number of carbonyl (C=O) groups is 5.